The average molecular weight is 464 g/mol. The van der Waals surface area contributed by atoms with Gasteiger partial charge >= 0.3 is 6.09 Å². The number of amides is 1. The lowest BCUT2D eigenvalue weighted by atomic mass is 10.2. The molecule has 0 spiro atoms. The summed E-state index contributed by atoms with van der Waals surface area (Å²) >= 11 is 15.0. The summed E-state index contributed by atoms with van der Waals surface area (Å²) in [6.07, 6.45) is 2.14. The average Bonchev–Trinajstić information content (AvgIpc) is 3.07. The predicted octanol–water partition coefficient (Wildman–Crippen LogP) is 5.99. The van der Waals surface area contributed by atoms with Crippen LogP contribution >= 0.6 is 46.7 Å². The van der Waals surface area contributed by atoms with Crippen LogP contribution in [0.3, 0.4) is 0 Å². The summed E-state index contributed by atoms with van der Waals surface area (Å²) in [6.45, 7) is 5.44. The van der Waals surface area contributed by atoms with Crippen molar-refractivity contribution in [1.29, 1.82) is 0 Å². The molecule has 1 aromatic carbocycles. The Bertz CT molecular complexity index is 797. The molecule has 0 fully saturated rings. The van der Waals surface area contributed by atoms with Gasteiger partial charge in [0, 0.05) is 5.75 Å². The van der Waals surface area contributed by atoms with E-state index < -0.39 is 17.7 Å². The van der Waals surface area contributed by atoms with Gasteiger partial charge in [-0.3, -0.25) is 0 Å². The van der Waals surface area contributed by atoms with Crippen molar-refractivity contribution in [2.45, 2.75) is 49.8 Å². The van der Waals surface area contributed by atoms with Crippen molar-refractivity contribution in [3.63, 3.8) is 0 Å². The second-order valence-electron chi connectivity index (χ2n) is 6.92. The number of carbonyl (C=O) groups is 1. The Morgan fingerprint density at radius 2 is 2.04 bits per heavy atom. The van der Waals surface area contributed by atoms with E-state index in [0.29, 0.717) is 33.3 Å². The van der Waals surface area contributed by atoms with Crippen molar-refractivity contribution in [3.05, 3.63) is 39.7 Å². The van der Waals surface area contributed by atoms with Gasteiger partial charge in [0.1, 0.15) is 11.6 Å². The minimum Gasteiger partial charge on any atom is -0.444 e. The molecule has 1 unspecified atom stereocenters. The van der Waals surface area contributed by atoms with E-state index in [1.54, 1.807) is 23.9 Å². The lowest BCUT2D eigenvalue weighted by Crippen LogP contribution is -2.35. The summed E-state index contributed by atoms with van der Waals surface area (Å²) in [6, 6.07) is 5.04. The van der Waals surface area contributed by atoms with Gasteiger partial charge < -0.3 is 14.5 Å². The highest BCUT2D eigenvalue weighted by atomic mass is 35.5. The topological polar surface area (TPSA) is 77.2 Å². The van der Waals surface area contributed by atoms with Gasteiger partial charge in [0.25, 0.3) is 5.22 Å². The normalized spacial score (nSPS) is 12.6. The zero-order valence-corrected chi connectivity index (χ0v) is 19.3. The predicted molar refractivity (Wildman–Crippen MR) is 115 cm³/mol. The van der Waals surface area contributed by atoms with Crippen LogP contribution in [0.2, 0.25) is 10.0 Å². The highest BCUT2D eigenvalue weighted by Crippen LogP contribution is 2.28. The Kier molecular flexibility index (Phi) is 8.80. The Hall–Kier alpha value is -1.09. The molecule has 0 aliphatic rings. The summed E-state index contributed by atoms with van der Waals surface area (Å²) in [5, 5.41) is 12.4. The minimum absolute atomic E-state index is 0.358. The maximum absolute atomic E-state index is 12.1. The van der Waals surface area contributed by atoms with Gasteiger partial charge in [0.2, 0.25) is 5.89 Å². The van der Waals surface area contributed by atoms with Crippen LogP contribution in [-0.2, 0) is 10.5 Å². The quantitative estimate of drug-likeness (QED) is 0.481. The molecule has 0 bridgehead atoms. The van der Waals surface area contributed by atoms with Crippen LogP contribution in [0.15, 0.2) is 27.8 Å². The van der Waals surface area contributed by atoms with E-state index in [1.165, 1.54) is 11.8 Å². The molecule has 0 aliphatic carbocycles. The van der Waals surface area contributed by atoms with Crippen molar-refractivity contribution in [2.24, 2.45) is 0 Å². The van der Waals surface area contributed by atoms with Gasteiger partial charge in [0.05, 0.1) is 10.0 Å². The van der Waals surface area contributed by atoms with Crippen molar-refractivity contribution < 1.29 is 13.9 Å². The molecule has 1 aromatic heterocycles. The summed E-state index contributed by atoms with van der Waals surface area (Å²) in [4.78, 5) is 12.1. The molecule has 2 aromatic rings. The number of ether oxygens (including phenoxy) is 1. The monoisotopic (exact) mass is 463 g/mol. The number of thioether (sulfide) groups is 2. The van der Waals surface area contributed by atoms with Crippen molar-refractivity contribution in [3.8, 4) is 0 Å². The summed E-state index contributed by atoms with van der Waals surface area (Å²) in [7, 11) is 0. The fraction of sp³-hybridized carbons (Fsp3) is 0.500. The zero-order valence-electron chi connectivity index (χ0n) is 16.1. The van der Waals surface area contributed by atoms with Gasteiger partial charge in [-0.15, -0.1) is 10.2 Å². The number of nitrogens with one attached hydrogen (secondary N) is 1. The van der Waals surface area contributed by atoms with Crippen molar-refractivity contribution in [2.75, 3.05) is 12.0 Å². The van der Waals surface area contributed by atoms with Crippen LogP contribution in [-0.4, -0.2) is 33.9 Å². The molecule has 1 N–H and O–H groups in total. The zero-order chi connectivity index (χ0) is 20.7. The van der Waals surface area contributed by atoms with E-state index in [0.717, 1.165) is 11.3 Å². The van der Waals surface area contributed by atoms with Gasteiger partial charge in [-0.1, -0.05) is 41.0 Å². The number of aromatic nitrogens is 2. The van der Waals surface area contributed by atoms with Gasteiger partial charge in [-0.2, -0.15) is 11.8 Å². The Morgan fingerprint density at radius 3 is 2.68 bits per heavy atom. The van der Waals surface area contributed by atoms with Crippen LogP contribution in [0.5, 0.6) is 0 Å². The fourth-order valence-electron chi connectivity index (χ4n) is 2.14. The van der Waals surface area contributed by atoms with Crippen molar-refractivity contribution >= 4 is 52.8 Å². The maximum atomic E-state index is 12.1. The first-order valence-corrected chi connectivity index (χ1v) is 11.7. The summed E-state index contributed by atoms with van der Waals surface area (Å²) < 4.78 is 11.1. The molecule has 10 heteroatoms. The molecule has 1 heterocycles. The van der Waals surface area contributed by atoms with Gasteiger partial charge in [-0.05, 0) is 56.9 Å². The van der Waals surface area contributed by atoms with E-state index in [2.05, 4.69) is 15.5 Å². The fourth-order valence-corrected chi connectivity index (χ4v) is 3.64. The molecule has 154 valence electrons. The standard InChI is InChI=1S/C18H23Cl2N3O3S2/c1-18(2,3)26-16(24)21-14(7-8-27-4)15-22-23-17(25-15)28-10-11-5-6-12(19)13(20)9-11/h5-6,9,14H,7-8,10H2,1-4H3,(H,21,24). The number of halogens is 2. The second-order valence-corrected chi connectivity index (χ2v) is 9.65. The van der Waals surface area contributed by atoms with E-state index >= 15 is 0 Å². The highest BCUT2D eigenvalue weighted by molar-refractivity contribution is 7.98. The molecule has 6 nitrogen and oxygen atoms in total. The lowest BCUT2D eigenvalue weighted by Gasteiger charge is -2.22. The molecule has 0 aliphatic heterocycles. The van der Waals surface area contributed by atoms with Gasteiger partial charge in [-0.25, -0.2) is 4.79 Å². The Labute approximate surface area is 183 Å². The van der Waals surface area contributed by atoms with E-state index in [4.69, 9.17) is 32.4 Å². The molecule has 1 amide bonds. The van der Waals surface area contributed by atoms with Crippen LogP contribution < -0.4 is 5.32 Å². The number of hydrogen-bond acceptors (Lipinski definition) is 7. The third kappa shape index (κ3) is 7.73. The van der Waals surface area contributed by atoms with E-state index in [-0.39, 0.29) is 0 Å². The molecule has 1 atom stereocenters. The first-order valence-electron chi connectivity index (χ1n) is 8.56. The van der Waals surface area contributed by atoms with E-state index in [9.17, 15) is 4.79 Å². The number of nitrogens with zero attached hydrogens (tertiary/aromatic N) is 2. The molecular weight excluding hydrogens is 441 g/mol. The van der Waals surface area contributed by atoms with Crippen LogP contribution in [0.4, 0.5) is 4.79 Å². The lowest BCUT2D eigenvalue weighted by molar-refractivity contribution is 0.0493. The Morgan fingerprint density at radius 1 is 1.29 bits per heavy atom. The summed E-state index contributed by atoms with van der Waals surface area (Å²) in [5.41, 5.74) is 0.411. The maximum Gasteiger partial charge on any atom is 0.408 e. The molecule has 2 rings (SSSR count). The number of hydrogen-bond donors (Lipinski definition) is 1. The van der Waals surface area contributed by atoms with Crippen LogP contribution in [0.25, 0.3) is 0 Å². The third-order valence-electron chi connectivity index (χ3n) is 3.37. The van der Waals surface area contributed by atoms with Crippen molar-refractivity contribution in [1.82, 2.24) is 15.5 Å². The first kappa shape index (κ1) is 23.2. The number of benzene rings is 1. The molecule has 0 saturated heterocycles. The van der Waals surface area contributed by atoms with Crippen LogP contribution in [0, 0.1) is 0 Å². The second kappa shape index (κ2) is 10.6. The highest BCUT2D eigenvalue weighted by Gasteiger charge is 2.24. The Balaban J connectivity index is 2.01. The number of rotatable bonds is 8. The first-order chi connectivity index (χ1) is 13.2. The molecule has 28 heavy (non-hydrogen) atoms. The third-order valence-corrected chi connectivity index (χ3v) is 5.64. The largest absolute Gasteiger partial charge is 0.444 e. The minimum atomic E-state index is -0.580. The molecular formula is C18H23Cl2N3O3S2. The van der Waals surface area contributed by atoms with E-state index in [1.807, 2.05) is 33.1 Å². The van der Waals surface area contributed by atoms with Gasteiger partial charge in [0.15, 0.2) is 0 Å². The van der Waals surface area contributed by atoms with Crippen LogP contribution in [0.1, 0.15) is 44.7 Å². The number of carbonyl (C=O) groups excluding carboxylic acids is 1. The summed E-state index contributed by atoms with van der Waals surface area (Å²) in [5.74, 6) is 1.79. The number of alkyl carbamates (subject to hydrolysis) is 1. The molecule has 0 saturated carbocycles. The molecule has 0 radical (unpaired) electrons. The smallest absolute Gasteiger partial charge is 0.408 e. The SMILES string of the molecule is CSCCC(NC(=O)OC(C)(C)C)c1nnc(SCc2ccc(Cl)c(Cl)c2)o1.